The highest BCUT2D eigenvalue weighted by Crippen LogP contribution is 2.32. The SMILES string of the molecule is N#Cc1ccc(-c2cc(C(=O)O)cs2)s1. The lowest BCUT2D eigenvalue weighted by molar-refractivity contribution is 0.0697. The second kappa shape index (κ2) is 3.85. The molecule has 0 fully saturated rings. The summed E-state index contributed by atoms with van der Waals surface area (Å²) in [6.45, 7) is 0. The molecule has 3 nitrogen and oxygen atoms in total. The first-order chi connectivity index (χ1) is 7.20. The van der Waals surface area contributed by atoms with Crippen molar-refractivity contribution in [2.45, 2.75) is 0 Å². The highest BCUT2D eigenvalue weighted by Gasteiger charge is 2.09. The molecule has 74 valence electrons. The minimum Gasteiger partial charge on any atom is -0.478 e. The second-order valence-electron chi connectivity index (χ2n) is 2.78. The molecule has 0 spiro atoms. The Labute approximate surface area is 93.8 Å². The molecule has 0 saturated carbocycles. The molecule has 0 bridgehead atoms. The fraction of sp³-hybridized carbons (Fsp3) is 0. The average Bonchev–Trinajstić information content (AvgIpc) is 2.86. The van der Waals surface area contributed by atoms with Gasteiger partial charge in [0.1, 0.15) is 10.9 Å². The third-order valence-corrected chi connectivity index (χ3v) is 3.92. The van der Waals surface area contributed by atoms with Crippen LogP contribution in [0.2, 0.25) is 0 Å². The Balaban J connectivity index is 2.38. The van der Waals surface area contributed by atoms with Crippen LogP contribution in [-0.4, -0.2) is 11.1 Å². The van der Waals surface area contributed by atoms with Crippen molar-refractivity contribution in [3.63, 3.8) is 0 Å². The van der Waals surface area contributed by atoms with Gasteiger partial charge in [0, 0.05) is 15.1 Å². The topological polar surface area (TPSA) is 61.1 Å². The average molecular weight is 235 g/mol. The molecule has 0 amide bonds. The van der Waals surface area contributed by atoms with Gasteiger partial charge < -0.3 is 5.11 Å². The lowest BCUT2D eigenvalue weighted by atomic mass is 10.3. The molecule has 0 atom stereocenters. The number of nitrogens with zero attached hydrogens (tertiary/aromatic N) is 1. The predicted octanol–water partition coefficient (Wildman–Crippen LogP) is 3.05. The zero-order valence-electron chi connectivity index (χ0n) is 7.43. The molecular weight excluding hydrogens is 230 g/mol. The highest BCUT2D eigenvalue weighted by atomic mass is 32.1. The number of hydrogen-bond acceptors (Lipinski definition) is 4. The zero-order valence-corrected chi connectivity index (χ0v) is 9.06. The Bertz CT molecular complexity index is 548. The predicted molar refractivity (Wildman–Crippen MR) is 59.3 cm³/mol. The molecule has 0 aliphatic rings. The molecule has 0 aliphatic carbocycles. The molecule has 1 N–H and O–H groups in total. The highest BCUT2D eigenvalue weighted by molar-refractivity contribution is 7.21. The van der Waals surface area contributed by atoms with Crippen molar-refractivity contribution < 1.29 is 9.90 Å². The smallest absolute Gasteiger partial charge is 0.336 e. The van der Waals surface area contributed by atoms with Gasteiger partial charge in [-0.05, 0) is 18.2 Å². The second-order valence-corrected chi connectivity index (χ2v) is 4.78. The van der Waals surface area contributed by atoms with Crippen LogP contribution in [0.1, 0.15) is 15.2 Å². The van der Waals surface area contributed by atoms with E-state index in [4.69, 9.17) is 10.4 Å². The van der Waals surface area contributed by atoms with Crippen LogP contribution in [0.5, 0.6) is 0 Å². The molecule has 0 saturated heterocycles. The van der Waals surface area contributed by atoms with E-state index in [1.54, 1.807) is 17.5 Å². The number of carboxylic acids is 1. The van der Waals surface area contributed by atoms with Crippen molar-refractivity contribution in [1.82, 2.24) is 0 Å². The van der Waals surface area contributed by atoms with Gasteiger partial charge >= 0.3 is 5.97 Å². The van der Waals surface area contributed by atoms with Crippen LogP contribution in [0.4, 0.5) is 0 Å². The van der Waals surface area contributed by atoms with Gasteiger partial charge in [-0.25, -0.2) is 4.79 Å². The van der Waals surface area contributed by atoms with Gasteiger partial charge in [-0.3, -0.25) is 0 Å². The van der Waals surface area contributed by atoms with Gasteiger partial charge in [-0.15, -0.1) is 22.7 Å². The first-order valence-corrected chi connectivity index (χ1v) is 5.72. The van der Waals surface area contributed by atoms with Gasteiger partial charge in [-0.2, -0.15) is 5.26 Å². The number of hydrogen-bond donors (Lipinski definition) is 1. The number of aromatic carboxylic acids is 1. The summed E-state index contributed by atoms with van der Waals surface area (Å²) in [7, 11) is 0. The van der Waals surface area contributed by atoms with E-state index < -0.39 is 5.97 Å². The van der Waals surface area contributed by atoms with Crippen LogP contribution in [0.15, 0.2) is 23.6 Å². The van der Waals surface area contributed by atoms with Crippen LogP contribution < -0.4 is 0 Å². The summed E-state index contributed by atoms with van der Waals surface area (Å²) in [5, 5.41) is 19.0. The van der Waals surface area contributed by atoms with Crippen molar-refractivity contribution in [2.75, 3.05) is 0 Å². The van der Waals surface area contributed by atoms with Crippen LogP contribution >= 0.6 is 22.7 Å². The summed E-state index contributed by atoms with van der Waals surface area (Å²) in [6.07, 6.45) is 0. The maximum atomic E-state index is 10.7. The van der Waals surface area contributed by atoms with Crippen molar-refractivity contribution in [3.05, 3.63) is 34.0 Å². The van der Waals surface area contributed by atoms with Gasteiger partial charge in [-0.1, -0.05) is 0 Å². The van der Waals surface area contributed by atoms with Crippen LogP contribution in [-0.2, 0) is 0 Å². The number of rotatable bonds is 2. The Morgan fingerprint density at radius 3 is 2.73 bits per heavy atom. The van der Waals surface area contributed by atoms with Gasteiger partial charge in [0.15, 0.2) is 0 Å². The van der Waals surface area contributed by atoms with E-state index >= 15 is 0 Å². The molecule has 2 aromatic rings. The Morgan fingerprint density at radius 2 is 2.20 bits per heavy atom. The molecule has 2 aromatic heterocycles. The van der Waals surface area contributed by atoms with Crippen molar-refractivity contribution in [2.24, 2.45) is 0 Å². The first kappa shape index (κ1) is 9.90. The maximum absolute atomic E-state index is 10.7. The van der Waals surface area contributed by atoms with Crippen molar-refractivity contribution in [1.29, 1.82) is 5.26 Å². The third-order valence-electron chi connectivity index (χ3n) is 1.81. The van der Waals surface area contributed by atoms with Crippen LogP contribution in [0, 0.1) is 11.3 Å². The molecule has 2 rings (SSSR count). The van der Waals surface area contributed by atoms with Crippen molar-refractivity contribution in [3.8, 4) is 15.8 Å². The molecule has 5 heteroatoms. The maximum Gasteiger partial charge on any atom is 0.336 e. The lowest BCUT2D eigenvalue weighted by Crippen LogP contribution is -1.91. The van der Waals surface area contributed by atoms with Gasteiger partial charge in [0.25, 0.3) is 0 Å². The first-order valence-electron chi connectivity index (χ1n) is 4.03. The normalized spacial score (nSPS) is 9.80. The quantitative estimate of drug-likeness (QED) is 0.870. The minimum absolute atomic E-state index is 0.293. The molecule has 15 heavy (non-hydrogen) atoms. The van der Waals surface area contributed by atoms with Crippen molar-refractivity contribution >= 4 is 28.6 Å². The molecule has 0 aromatic carbocycles. The summed E-state index contributed by atoms with van der Waals surface area (Å²) >= 11 is 2.74. The number of nitriles is 1. The summed E-state index contributed by atoms with van der Waals surface area (Å²) < 4.78 is 0. The summed E-state index contributed by atoms with van der Waals surface area (Å²) in [6, 6.07) is 7.25. The lowest BCUT2D eigenvalue weighted by Gasteiger charge is -1.87. The molecule has 0 aliphatic heterocycles. The van der Waals surface area contributed by atoms with Crippen LogP contribution in [0.3, 0.4) is 0 Å². The number of carboxylic acid groups (broad SMARTS) is 1. The number of thiophene rings is 2. The Hall–Kier alpha value is -1.64. The summed E-state index contributed by atoms with van der Waals surface area (Å²) in [5.74, 6) is -0.922. The van der Waals surface area contributed by atoms with E-state index in [2.05, 4.69) is 6.07 Å². The fourth-order valence-corrected chi connectivity index (χ4v) is 2.89. The fourth-order valence-electron chi connectivity index (χ4n) is 1.11. The molecule has 0 radical (unpaired) electrons. The Kier molecular flexibility index (Phi) is 2.54. The molecule has 0 unspecified atom stereocenters. The van der Waals surface area contributed by atoms with E-state index in [9.17, 15) is 4.79 Å². The van der Waals surface area contributed by atoms with E-state index in [1.807, 2.05) is 6.07 Å². The largest absolute Gasteiger partial charge is 0.478 e. The van der Waals surface area contributed by atoms with Crippen LogP contribution in [0.25, 0.3) is 9.75 Å². The molecule has 2 heterocycles. The standard InChI is InChI=1S/C10H5NO2S2/c11-4-7-1-2-8(15-7)9-3-6(5-14-9)10(12)13/h1-3,5H,(H,12,13). The zero-order chi connectivity index (χ0) is 10.8. The third kappa shape index (κ3) is 1.91. The monoisotopic (exact) mass is 235 g/mol. The van der Waals surface area contributed by atoms with E-state index in [-0.39, 0.29) is 0 Å². The minimum atomic E-state index is -0.922. The molecular formula is C10H5NO2S2. The van der Waals surface area contributed by atoms with E-state index in [0.29, 0.717) is 10.4 Å². The van der Waals surface area contributed by atoms with Gasteiger partial charge in [0.05, 0.1) is 5.56 Å². The summed E-state index contributed by atoms with van der Waals surface area (Å²) in [5.41, 5.74) is 0.293. The Morgan fingerprint density at radius 1 is 1.40 bits per heavy atom. The van der Waals surface area contributed by atoms with E-state index in [0.717, 1.165) is 9.75 Å². The summed E-state index contributed by atoms with van der Waals surface area (Å²) in [4.78, 5) is 13.1. The number of carbonyl (C=O) groups is 1. The van der Waals surface area contributed by atoms with E-state index in [1.165, 1.54) is 22.7 Å². The van der Waals surface area contributed by atoms with Gasteiger partial charge in [0.2, 0.25) is 0 Å².